The molecule has 8 heteroatoms. The molecule has 3 aromatic rings. The second-order valence-corrected chi connectivity index (χ2v) is 11.7. The van der Waals surface area contributed by atoms with Crippen molar-refractivity contribution in [3.8, 4) is 0 Å². The number of carbonyl (C=O) groups is 1. The molecule has 1 aliphatic heterocycles. The molecule has 0 N–H and O–H groups in total. The molecule has 0 radical (unpaired) electrons. The second-order valence-electron chi connectivity index (χ2n) is 8.66. The summed E-state index contributed by atoms with van der Waals surface area (Å²) in [5.41, 5.74) is 1.92. The normalized spacial score (nSPS) is 16.4. The largest absolute Gasteiger partial charge is 0.337 e. The molecular weight excluding hydrogens is 454 g/mol. The van der Waals surface area contributed by atoms with Crippen LogP contribution in [0.4, 0.5) is 0 Å². The molecule has 0 bridgehead atoms. The van der Waals surface area contributed by atoms with E-state index in [1.807, 2.05) is 50.4 Å². The van der Waals surface area contributed by atoms with Gasteiger partial charge in [0.25, 0.3) is 0 Å². The fourth-order valence-corrected chi connectivity index (χ4v) is 6.72. The molecular formula is C25H31N3O3S2. The highest BCUT2D eigenvalue weighted by Gasteiger charge is 2.25. The number of carbonyl (C=O) groups excluding carboxylic acids is 1. The van der Waals surface area contributed by atoms with Gasteiger partial charge < -0.3 is 4.90 Å². The lowest BCUT2D eigenvalue weighted by Crippen LogP contribution is -2.31. The standard InChI is InChI=1S/C25H31N3O3S2/c1-19(25-26-22-9-5-6-10-23(22)32-25)27(2)24(29)16-13-20-11-14-21(15-12-20)33(30,31)28-17-7-3-4-8-18-28/h5-6,9-12,14-15,19H,3-4,7-8,13,16-18H2,1-2H3. The van der Waals surface area contributed by atoms with Crippen LogP contribution in [0, 0.1) is 0 Å². The van der Waals surface area contributed by atoms with E-state index in [1.165, 1.54) is 0 Å². The summed E-state index contributed by atoms with van der Waals surface area (Å²) in [7, 11) is -1.63. The Labute approximate surface area is 200 Å². The third-order valence-corrected chi connectivity index (χ3v) is 9.52. The number of sulfonamides is 1. The second kappa shape index (κ2) is 10.3. The Hall–Kier alpha value is -2.29. The first-order valence-electron chi connectivity index (χ1n) is 11.6. The van der Waals surface area contributed by atoms with Gasteiger partial charge in [0.2, 0.25) is 15.9 Å². The molecule has 0 saturated carbocycles. The maximum Gasteiger partial charge on any atom is 0.243 e. The van der Waals surface area contributed by atoms with Gasteiger partial charge in [-0.25, -0.2) is 13.4 Å². The molecule has 1 saturated heterocycles. The summed E-state index contributed by atoms with van der Waals surface area (Å²) >= 11 is 1.62. The number of rotatable bonds is 7. The van der Waals surface area contributed by atoms with E-state index in [0.717, 1.165) is 46.5 Å². The van der Waals surface area contributed by atoms with Gasteiger partial charge in [-0.2, -0.15) is 4.31 Å². The van der Waals surface area contributed by atoms with E-state index in [1.54, 1.807) is 32.7 Å². The van der Waals surface area contributed by atoms with Gasteiger partial charge in [0.05, 0.1) is 21.2 Å². The van der Waals surface area contributed by atoms with Crippen LogP contribution in [0.3, 0.4) is 0 Å². The number of nitrogens with zero attached hydrogens (tertiary/aromatic N) is 3. The molecule has 2 aromatic carbocycles. The average molecular weight is 486 g/mol. The molecule has 176 valence electrons. The monoisotopic (exact) mass is 485 g/mol. The van der Waals surface area contributed by atoms with E-state index in [-0.39, 0.29) is 11.9 Å². The highest BCUT2D eigenvalue weighted by molar-refractivity contribution is 7.89. The number of amides is 1. The van der Waals surface area contributed by atoms with Gasteiger partial charge in [0.15, 0.2) is 0 Å². The first-order chi connectivity index (χ1) is 15.9. The van der Waals surface area contributed by atoms with Crippen molar-refractivity contribution < 1.29 is 13.2 Å². The van der Waals surface area contributed by atoms with Gasteiger partial charge in [-0.05, 0) is 56.0 Å². The number of hydrogen-bond acceptors (Lipinski definition) is 5. The van der Waals surface area contributed by atoms with Gasteiger partial charge in [0, 0.05) is 26.6 Å². The number of para-hydroxylation sites is 1. The van der Waals surface area contributed by atoms with E-state index < -0.39 is 10.0 Å². The third kappa shape index (κ3) is 5.45. The van der Waals surface area contributed by atoms with Crippen molar-refractivity contribution in [3.05, 3.63) is 59.1 Å². The topological polar surface area (TPSA) is 70.6 Å². The van der Waals surface area contributed by atoms with Crippen molar-refractivity contribution in [2.24, 2.45) is 0 Å². The van der Waals surface area contributed by atoms with Gasteiger partial charge in [-0.15, -0.1) is 11.3 Å². The minimum absolute atomic E-state index is 0.0445. The molecule has 6 nitrogen and oxygen atoms in total. The minimum atomic E-state index is -3.45. The molecule has 2 heterocycles. The van der Waals surface area contributed by atoms with Crippen LogP contribution in [-0.2, 0) is 21.2 Å². The summed E-state index contributed by atoms with van der Waals surface area (Å²) in [6.45, 7) is 3.19. The van der Waals surface area contributed by atoms with Crippen molar-refractivity contribution in [1.82, 2.24) is 14.2 Å². The zero-order chi connectivity index (χ0) is 23.4. The zero-order valence-corrected chi connectivity index (χ0v) is 20.9. The fraction of sp³-hybridized carbons (Fsp3) is 0.440. The number of thiazole rings is 1. The quantitative estimate of drug-likeness (QED) is 0.471. The molecule has 4 rings (SSSR count). The van der Waals surface area contributed by atoms with Crippen molar-refractivity contribution in [1.29, 1.82) is 0 Å². The molecule has 1 atom stereocenters. The highest BCUT2D eigenvalue weighted by Crippen LogP contribution is 2.29. The summed E-state index contributed by atoms with van der Waals surface area (Å²) < 4.78 is 28.6. The minimum Gasteiger partial charge on any atom is -0.337 e. The Balaban J connectivity index is 1.35. The molecule has 0 spiro atoms. The van der Waals surface area contributed by atoms with E-state index in [2.05, 4.69) is 4.98 Å². The Morgan fingerprint density at radius 3 is 2.39 bits per heavy atom. The summed E-state index contributed by atoms with van der Waals surface area (Å²) in [4.78, 5) is 19.6. The van der Waals surface area contributed by atoms with E-state index in [4.69, 9.17) is 0 Å². The summed E-state index contributed by atoms with van der Waals surface area (Å²) in [6.07, 6.45) is 4.95. The predicted octanol–water partition coefficient (Wildman–Crippen LogP) is 5.01. The smallest absolute Gasteiger partial charge is 0.243 e. The summed E-state index contributed by atoms with van der Waals surface area (Å²) in [6, 6.07) is 14.9. The molecule has 33 heavy (non-hydrogen) atoms. The van der Waals surface area contributed by atoms with E-state index in [0.29, 0.717) is 30.8 Å². The number of aromatic nitrogens is 1. The van der Waals surface area contributed by atoms with Gasteiger partial charge in [-0.1, -0.05) is 37.1 Å². The Morgan fingerprint density at radius 1 is 1.06 bits per heavy atom. The highest BCUT2D eigenvalue weighted by atomic mass is 32.2. The molecule has 0 aliphatic carbocycles. The predicted molar refractivity (Wildman–Crippen MR) is 133 cm³/mol. The summed E-state index contributed by atoms with van der Waals surface area (Å²) in [5.74, 6) is 0.0445. The van der Waals surface area contributed by atoms with Crippen LogP contribution in [0.5, 0.6) is 0 Å². The molecule has 1 aromatic heterocycles. The van der Waals surface area contributed by atoms with Crippen LogP contribution in [0.1, 0.15) is 55.6 Å². The third-order valence-electron chi connectivity index (χ3n) is 6.40. The molecule has 1 unspecified atom stereocenters. The molecule has 1 aliphatic rings. The van der Waals surface area contributed by atoms with Crippen LogP contribution in [0.2, 0.25) is 0 Å². The van der Waals surface area contributed by atoms with Gasteiger partial charge in [-0.3, -0.25) is 4.79 Å². The number of benzene rings is 2. The van der Waals surface area contributed by atoms with Gasteiger partial charge >= 0.3 is 0 Å². The van der Waals surface area contributed by atoms with Crippen LogP contribution in [0.15, 0.2) is 53.4 Å². The average Bonchev–Trinajstić information content (AvgIpc) is 3.06. The van der Waals surface area contributed by atoms with Crippen molar-refractivity contribution in [2.75, 3.05) is 20.1 Å². The van der Waals surface area contributed by atoms with E-state index in [9.17, 15) is 13.2 Å². The molecule has 1 fully saturated rings. The van der Waals surface area contributed by atoms with E-state index >= 15 is 0 Å². The summed E-state index contributed by atoms with van der Waals surface area (Å²) in [5, 5.41) is 0.926. The fourth-order valence-electron chi connectivity index (χ4n) is 4.14. The maximum absolute atomic E-state index is 12.9. The van der Waals surface area contributed by atoms with Crippen LogP contribution in [0.25, 0.3) is 10.2 Å². The number of hydrogen-bond donors (Lipinski definition) is 0. The first-order valence-corrected chi connectivity index (χ1v) is 13.8. The van der Waals surface area contributed by atoms with Crippen molar-refractivity contribution in [2.45, 2.75) is 56.4 Å². The Morgan fingerprint density at radius 2 is 1.73 bits per heavy atom. The first kappa shape index (κ1) is 23.9. The lowest BCUT2D eigenvalue weighted by Gasteiger charge is -2.23. The SMILES string of the molecule is CC(c1nc2ccccc2s1)N(C)C(=O)CCc1ccc(S(=O)(=O)N2CCCCCC2)cc1. The maximum atomic E-state index is 12.9. The Bertz CT molecular complexity index is 1160. The number of fused-ring (bicyclic) bond motifs is 1. The Kier molecular flexibility index (Phi) is 7.46. The van der Waals surface area contributed by atoms with Crippen LogP contribution in [-0.4, -0.2) is 48.7 Å². The number of aryl methyl sites for hydroxylation is 1. The van der Waals surface area contributed by atoms with Crippen molar-refractivity contribution in [3.63, 3.8) is 0 Å². The zero-order valence-electron chi connectivity index (χ0n) is 19.2. The van der Waals surface area contributed by atoms with Crippen molar-refractivity contribution >= 4 is 37.5 Å². The lowest BCUT2D eigenvalue weighted by atomic mass is 10.1. The van der Waals surface area contributed by atoms with Crippen LogP contribution >= 0.6 is 11.3 Å². The van der Waals surface area contributed by atoms with Crippen LogP contribution < -0.4 is 0 Å². The lowest BCUT2D eigenvalue weighted by molar-refractivity contribution is -0.131. The van der Waals surface area contributed by atoms with Gasteiger partial charge in [0.1, 0.15) is 5.01 Å². The molecule has 1 amide bonds.